The maximum Gasteiger partial charge on any atom is 0.221 e. The molecule has 3 nitrogen and oxygen atoms in total. The molecule has 0 radical (unpaired) electrons. The van der Waals surface area contributed by atoms with Crippen molar-refractivity contribution in [2.45, 2.75) is 31.3 Å². The van der Waals surface area contributed by atoms with E-state index in [2.05, 4.69) is 10.6 Å². The van der Waals surface area contributed by atoms with E-state index in [1.54, 1.807) is 0 Å². The van der Waals surface area contributed by atoms with Crippen molar-refractivity contribution in [3.8, 4) is 0 Å². The minimum Gasteiger partial charge on any atom is -0.354 e. The molecular weight excluding hydrogens is 128 g/mol. The van der Waals surface area contributed by atoms with Gasteiger partial charge in [0.15, 0.2) is 0 Å². The van der Waals surface area contributed by atoms with E-state index < -0.39 is 0 Å². The molecule has 3 heteroatoms. The van der Waals surface area contributed by atoms with Gasteiger partial charge in [-0.3, -0.25) is 4.79 Å². The highest BCUT2D eigenvalue weighted by molar-refractivity contribution is 5.77. The predicted molar refractivity (Wildman–Crippen MR) is 37.6 cm³/mol. The molecule has 0 aromatic carbocycles. The monoisotopic (exact) mass is 140 g/mol. The molecule has 0 spiro atoms. The van der Waals surface area contributed by atoms with Crippen LogP contribution in [0, 0.1) is 0 Å². The molecule has 10 heavy (non-hydrogen) atoms. The van der Waals surface area contributed by atoms with E-state index in [9.17, 15) is 4.79 Å². The van der Waals surface area contributed by atoms with E-state index >= 15 is 0 Å². The molecule has 0 aromatic rings. The molecule has 2 fully saturated rings. The Morgan fingerprint density at radius 3 is 3.00 bits per heavy atom. The first kappa shape index (κ1) is 6.16. The minimum atomic E-state index is 0.208. The van der Waals surface area contributed by atoms with Gasteiger partial charge in [0, 0.05) is 25.0 Å². The van der Waals surface area contributed by atoms with E-state index in [0.29, 0.717) is 18.5 Å². The van der Waals surface area contributed by atoms with E-state index in [0.717, 1.165) is 6.54 Å². The van der Waals surface area contributed by atoms with Crippen LogP contribution in [0.1, 0.15) is 19.3 Å². The highest BCUT2D eigenvalue weighted by Gasteiger charge is 2.28. The van der Waals surface area contributed by atoms with E-state index in [4.69, 9.17) is 0 Å². The average Bonchev–Trinajstić information content (AvgIpc) is 2.22. The summed E-state index contributed by atoms with van der Waals surface area (Å²) in [4.78, 5) is 10.9. The standard InChI is InChI=1S/C7H12N2O/c10-7-3-5-1-2-6(9-5)4-8-7/h5-6,9H,1-4H2,(H,8,10)/t5-,6+/m1/s1. The van der Waals surface area contributed by atoms with Crippen LogP contribution in [0.15, 0.2) is 0 Å². The quantitative estimate of drug-likeness (QED) is 0.482. The SMILES string of the molecule is O=C1C[C@H]2CC[C@@H](CN1)N2. The molecule has 56 valence electrons. The fourth-order valence-electron chi connectivity index (χ4n) is 1.76. The smallest absolute Gasteiger partial charge is 0.221 e. The number of carbonyl (C=O) groups is 1. The van der Waals surface area contributed by atoms with E-state index in [1.807, 2.05) is 0 Å². The van der Waals surface area contributed by atoms with Gasteiger partial charge < -0.3 is 10.6 Å². The van der Waals surface area contributed by atoms with Gasteiger partial charge in [0.1, 0.15) is 0 Å². The molecule has 2 saturated heterocycles. The van der Waals surface area contributed by atoms with Gasteiger partial charge >= 0.3 is 0 Å². The van der Waals surface area contributed by atoms with Gasteiger partial charge in [0.25, 0.3) is 0 Å². The second-order valence-electron chi connectivity index (χ2n) is 3.15. The molecule has 2 atom stereocenters. The molecular formula is C7H12N2O. The van der Waals surface area contributed by atoms with Gasteiger partial charge in [-0.15, -0.1) is 0 Å². The highest BCUT2D eigenvalue weighted by atomic mass is 16.1. The Hall–Kier alpha value is -0.570. The summed E-state index contributed by atoms with van der Waals surface area (Å²) in [5.41, 5.74) is 0. The molecule has 0 saturated carbocycles. The Morgan fingerprint density at radius 1 is 1.30 bits per heavy atom. The maximum absolute atomic E-state index is 10.9. The van der Waals surface area contributed by atoms with Crippen LogP contribution >= 0.6 is 0 Å². The fourth-order valence-corrected chi connectivity index (χ4v) is 1.76. The number of nitrogens with one attached hydrogen (secondary N) is 2. The summed E-state index contributed by atoms with van der Waals surface area (Å²) in [5, 5.41) is 6.27. The third-order valence-corrected chi connectivity index (χ3v) is 2.31. The van der Waals surface area contributed by atoms with Gasteiger partial charge in [-0.1, -0.05) is 0 Å². The molecule has 0 unspecified atom stereocenters. The molecule has 0 aromatic heterocycles. The molecule has 2 aliphatic heterocycles. The third kappa shape index (κ3) is 1.01. The van der Waals surface area contributed by atoms with E-state index in [1.165, 1.54) is 12.8 Å². The third-order valence-electron chi connectivity index (χ3n) is 2.31. The van der Waals surface area contributed by atoms with E-state index in [-0.39, 0.29) is 5.91 Å². The van der Waals surface area contributed by atoms with Crippen LogP contribution in [0.4, 0.5) is 0 Å². The van der Waals surface area contributed by atoms with Gasteiger partial charge in [-0.25, -0.2) is 0 Å². The first-order valence-corrected chi connectivity index (χ1v) is 3.87. The second-order valence-corrected chi connectivity index (χ2v) is 3.15. The topological polar surface area (TPSA) is 41.1 Å². The zero-order valence-corrected chi connectivity index (χ0v) is 5.89. The number of hydrogen-bond acceptors (Lipinski definition) is 2. The summed E-state index contributed by atoms with van der Waals surface area (Å²) in [6.45, 7) is 0.829. The summed E-state index contributed by atoms with van der Waals surface area (Å²) < 4.78 is 0. The van der Waals surface area contributed by atoms with Crippen molar-refractivity contribution in [2.24, 2.45) is 0 Å². The maximum atomic E-state index is 10.9. The Labute approximate surface area is 60.2 Å². The lowest BCUT2D eigenvalue weighted by Crippen LogP contribution is -2.33. The summed E-state index contributed by atoms with van der Waals surface area (Å²) in [5.74, 6) is 0.208. The van der Waals surface area contributed by atoms with Crippen LogP contribution < -0.4 is 10.6 Å². The van der Waals surface area contributed by atoms with Crippen LogP contribution in [0.2, 0.25) is 0 Å². The molecule has 0 aliphatic carbocycles. The van der Waals surface area contributed by atoms with Crippen molar-refractivity contribution in [1.29, 1.82) is 0 Å². The fraction of sp³-hybridized carbons (Fsp3) is 0.857. The lowest BCUT2D eigenvalue weighted by atomic mass is 10.1. The van der Waals surface area contributed by atoms with Crippen molar-refractivity contribution in [1.82, 2.24) is 10.6 Å². The molecule has 2 bridgehead atoms. The van der Waals surface area contributed by atoms with Crippen LogP contribution in [0.25, 0.3) is 0 Å². The Kier molecular flexibility index (Phi) is 1.38. The van der Waals surface area contributed by atoms with Gasteiger partial charge in [-0.2, -0.15) is 0 Å². The Morgan fingerprint density at radius 2 is 2.10 bits per heavy atom. The lowest BCUT2D eigenvalue weighted by molar-refractivity contribution is -0.121. The first-order valence-electron chi connectivity index (χ1n) is 3.87. The Balaban J connectivity index is 2.05. The minimum absolute atomic E-state index is 0.208. The van der Waals surface area contributed by atoms with Crippen molar-refractivity contribution in [3.05, 3.63) is 0 Å². The van der Waals surface area contributed by atoms with Crippen LogP contribution in [-0.4, -0.2) is 24.5 Å². The van der Waals surface area contributed by atoms with Crippen LogP contribution in [-0.2, 0) is 4.79 Å². The predicted octanol–water partition coefficient (Wildman–Crippen LogP) is -0.373. The van der Waals surface area contributed by atoms with Crippen molar-refractivity contribution >= 4 is 5.91 Å². The van der Waals surface area contributed by atoms with Gasteiger partial charge in [0.2, 0.25) is 5.91 Å². The molecule has 2 N–H and O–H groups in total. The summed E-state index contributed by atoms with van der Waals surface area (Å²) >= 11 is 0. The zero-order valence-electron chi connectivity index (χ0n) is 5.89. The average molecular weight is 140 g/mol. The zero-order chi connectivity index (χ0) is 6.97. The lowest BCUT2D eigenvalue weighted by Gasteiger charge is -2.06. The highest BCUT2D eigenvalue weighted by Crippen LogP contribution is 2.16. The second kappa shape index (κ2) is 2.23. The number of amides is 1. The van der Waals surface area contributed by atoms with Gasteiger partial charge in [0.05, 0.1) is 0 Å². The van der Waals surface area contributed by atoms with Crippen molar-refractivity contribution < 1.29 is 4.79 Å². The molecule has 2 rings (SSSR count). The molecule has 1 amide bonds. The first-order chi connectivity index (χ1) is 4.84. The van der Waals surface area contributed by atoms with Crippen molar-refractivity contribution in [2.75, 3.05) is 6.54 Å². The number of hydrogen-bond donors (Lipinski definition) is 2. The van der Waals surface area contributed by atoms with Crippen LogP contribution in [0.5, 0.6) is 0 Å². The van der Waals surface area contributed by atoms with Gasteiger partial charge in [-0.05, 0) is 12.8 Å². The number of carbonyl (C=O) groups excluding carboxylic acids is 1. The normalized spacial score (nSPS) is 39.0. The molecule has 2 heterocycles. The number of rotatable bonds is 0. The Bertz CT molecular complexity index is 158. The largest absolute Gasteiger partial charge is 0.354 e. The summed E-state index contributed by atoms with van der Waals surface area (Å²) in [6, 6.07) is 1.02. The number of fused-ring (bicyclic) bond motifs is 2. The summed E-state index contributed by atoms with van der Waals surface area (Å²) in [6.07, 6.45) is 3.08. The van der Waals surface area contributed by atoms with Crippen LogP contribution in [0.3, 0.4) is 0 Å². The molecule has 2 aliphatic rings. The summed E-state index contributed by atoms with van der Waals surface area (Å²) in [7, 11) is 0. The van der Waals surface area contributed by atoms with Crippen molar-refractivity contribution in [3.63, 3.8) is 0 Å².